The van der Waals surface area contributed by atoms with E-state index >= 15 is 0 Å². The average molecular weight is 351 g/mol. The Labute approximate surface area is 153 Å². The summed E-state index contributed by atoms with van der Waals surface area (Å²) in [6, 6.07) is 17.9. The Balaban J connectivity index is 1.71. The van der Waals surface area contributed by atoms with Crippen molar-refractivity contribution in [2.24, 2.45) is 5.92 Å². The number of benzene rings is 2. The van der Waals surface area contributed by atoms with Gasteiger partial charge in [0.05, 0.1) is 18.7 Å². The van der Waals surface area contributed by atoms with Crippen LogP contribution in [0.15, 0.2) is 54.6 Å². The fraction of sp³-hybridized carbons (Fsp3) is 0.333. The molecular formula is C21H22FN3O. The van der Waals surface area contributed by atoms with E-state index in [0.29, 0.717) is 0 Å². The highest BCUT2D eigenvalue weighted by Gasteiger charge is 2.42. The van der Waals surface area contributed by atoms with Gasteiger partial charge in [-0.25, -0.2) is 4.39 Å². The quantitative estimate of drug-likeness (QED) is 0.804. The highest BCUT2D eigenvalue weighted by Crippen LogP contribution is 2.39. The summed E-state index contributed by atoms with van der Waals surface area (Å²) in [5.41, 5.74) is 1.05. The van der Waals surface area contributed by atoms with Gasteiger partial charge < -0.3 is 5.32 Å². The number of carbonyl (C=O) groups is 1. The fourth-order valence-corrected chi connectivity index (χ4v) is 3.14. The summed E-state index contributed by atoms with van der Waals surface area (Å²) in [5.74, 6) is -0.282. The van der Waals surface area contributed by atoms with Crippen LogP contribution in [0.25, 0.3) is 0 Å². The number of halogens is 1. The molecule has 1 amide bonds. The van der Waals surface area contributed by atoms with E-state index in [-0.39, 0.29) is 30.2 Å². The lowest BCUT2D eigenvalue weighted by Crippen LogP contribution is -2.49. The highest BCUT2D eigenvalue weighted by atomic mass is 19.1. The van der Waals surface area contributed by atoms with Crippen LogP contribution in [0.2, 0.25) is 0 Å². The SMILES string of the molecule is C[C@@](C#N)(NC(=O)CN[C@H](c1ccccc1)c1ccc(F)cc1)C1CC1. The molecule has 4 nitrogen and oxygen atoms in total. The first-order valence-electron chi connectivity index (χ1n) is 8.78. The lowest BCUT2D eigenvalue weighted by Gasteiger charge is -2.24. The first-order chi connectivity index (χ1) is 12.5. The number of nitrogens with one attached hydrogen (secondary N) is 2. The second-order valence-electron chi connectivity index (χ2n) is 6.91. The second-order valence-corrected chi connectivity index (χ2v) is 6.91. The number of carbonyl (C=O) groups excluding carboxylic acids is 1. The van der Waals surface area contributed by atoms with Crippen LogP contribution in [0.3, 0.4) is 0 Å². The van der Waals surface area contributed by atoms with E-state index in [1.165, 1.54) is 12.1 Å². The van der Waals surface area contributed by atoms with E-state index in [4.69, 9.17) is 0 Å². The molecule has 1 aliphatic rings. The Bertz CT molecular complexity index is 796. The summed E-state index contributed by atoms with van der Waals surface area (Å²) in [7, 11) is 0. The lowest BCUT2D eigenvalue weighted by molar-refractivity contribution is -0.121. The summed E-state index contributed by atoms with van der Waals surface area (Å²) in [4.78, 5) is 12.4. The molecule has 0 radical (unpaired) electrons. The van der Waals surface area contributed by atoms with Crippen LogP contribution in [-0.4, -0.2) is 18.0 Å². The maximum Gasteiger partial charge on any atom is 0.235 e. The minimum absolute atomic E-state index is 0.0704. The molecule has 0 aromatic heterocycles. The number of nitriles is 1. The second kappa shape index (κ2) is 7.67. The van der Waals surface area contributed by atoms with Crippen LogP contribution in [0.4, 0.5) is 4.39 Å². The molecule has 2 aromatic rings. The summed E-state index contributed by atoms with van der Waals surface area (Å²) in [6.07, 6.45) is 1.94. The first-order valence-corrected chi connectivity index (χ1v) is 8.78. The summed E-state index contributed by atoms with van der Waals surface area (Å²) in [5, 5.41) is 15.5. The van der Waals surface area contributed by atoms with Crippen LogP contribution in [0, 0.1) is 23.1 Å². The normalized spacial score (nSPS) is 17.0. The number of hydrogen-bond acceptors (Lipinski definition) is 3. The monoisotopic (exact) mass is 351 g/mol. The van der Waals surface area contributed by atoms with Gasteiger partial charge in [-0.3, -0.25) is 10.1 Å². The number of hydrogen-bond donors (Lipinski definition) is 2. The van der Waals surface area contributed by atoms with Gasteiger partial charge in [-0.1, -0.05) is 42.5 Å². The maximum atomic E-state index is 13.3. The molecule has 0 spiro atoms. The molecule has 0 bridgehead atoms. The van der Waals surface area contributed by atoms with Gasteiger partial charge in [0.15, 0.2) is 0 Å². The van der Waals surface area contributed by atoms with E-state index in [9.17, 15) is 14.4 Å². The molecule has 0 unspecified atom stereocenters. The van der Waals surface area contributed by atoms with Gasteiger partial charge >= 0.3 is 0 Å². The minimum Gasteiger partial charge on any atom is -0.337 e. The molecule has 1 aliphatic carbocycles. The van der Waals surface area contributed by atoms with Crippen molar-refractivity contribution in [3.8, 4) is 6.07 Å². The summed E-state index contributed by atoms with van der Waals surface area (Å²) >= 11 is 0. The standard InChI is InChI=1S/C21H22FN3O/c1-21(14-23,17-9-10-17)25-19(26)13-24-20(15-5-3-2-4-6-15)16-7-11-18(22)12-8-16/h2-8,11-12,17,20,24H,9-10,13H2,1H3,(H,25,26)/t20-,21+/m1/s1. The summed E-state index contributed by atoms with van der Waals surface area (Å²) in [6.45, 7) is 1.85. The molecule has 26 heavy (non-hydrogen) atoms. The van der Waals surface area contributed by atoms with Crippen molar-refractivity contribution < 1.29 is 9.18 Å². The first kappa shape index (κ1) is 18.1. The van der Waals surface area contributed by atoms with Crippen molar-refractivity contribution >= 4 is 5.91 Å². The molecule has 0 heterocycles. The minimum atomic E-state index is -0.809. The van der Waals surface area contributed by atoms with Gasteiger partial charge in [-0.2, -0.15) is 5.26 Å². The number of nitrogens with zero attached hydrogens (tertiary/aromatic N) is 1. The van der Waals surface area contributed by atoms with Crippen molar-refractivity contribution in [1.29, 1.82) is 5.26 Å². The van der Waals surface area contributed by atoms with Gasteiger partial charge in [0.2, 0.25) is 5.91 Å². The number of amides is 1. The van der Waals surface area contributed by atoms with E-state index < -0.39 is 5.54 Å². The molecule has 2 N–H and O–H groups in total. The van der Waals surface area contributed by atoms with E-state index in [1.807, 2.05) is 30.3 Å². The lowest BCUT2D eigenvalue weighted by atomic mass is 9.97. The van der Waals surface area contributed by atoms with Crippen molar-refractivity contribution in [2.75, 3.05) is 6.54 Å². The summed E-state index contributed by atoms with van der Waals surface area (Å²) < 4.78 is 13.3. The molecular weight excluding hydrogens is 329 g/mol. The zero-order chi connectivity index (χ0) is 18.6. The van der Waals surface area contributed by atoms with E-state index in [1.54, 1.807) is 19.1 Å². The van der Waals surface area contributed by atoms with Crippen LogP contribution in [0.5, 0.6) is 0 Å². The Morgan fingerprint density at radius 3 is 2.38 bits per heavy atom. The average Bonchev–Trinajstić information content (AvgIpc) is 3.50. The Hall–Kier alpha value is -2.71. The molecule has 1 fully saturated rings. The molecule has 2 atom stereocenters. The highest BCUT2D eigenvalue weighted by molar-refractivity contribution is 5.79. The third kappa shape index (κ3) is 4.27. The van der Waals surface area contributed by atoms with Crippen molar-refractivity contribution in [3.05, 3.63) is 71.5 Å². The van der Waals surface area contributed by atoms with Gasteiger partial charge in [0, 0.05) is 0 Å². The van der Waals surface area contributed by atoms with Gasteiger partial charge in [-0.05, 0) is 48.9 Å². The Morgan fingerprint density at radius 1 is 1.19 bits per heavy atom. The van der Waals surface area contributed by atoms with E-state index in [2.05, 4.69) is 16.7 Å². The van der Waals surface area contributed by atoms with Crippen molar-refractivity contribution in [1.82, 2.24) is 10.6 Å². The van der Waals surface area contributed by atoms with Gasteiger partial charge in [0.25, 0.3) is 0 Å². The molecule has 134 valence electrons. The topological polar surface area (TPSA) is 64.9 Å². The smallest absolute Gasteiger partial charge is 0.235 e. The van der Waals surface area contributed by atoms with Crippen LogP contribution in [-0.2, 0) is 4.79 Å². The zero-order valence-corrected chi connectivity index (χ0v) is 14.7. The number of rotatable bonds is 7. The third-order valence-corrected chi connectivity index (χ3v) is 4.83. The zero-order valence-electron chi connectivity index (χ0n) is 14.7. The van der Waals surface area contributed by atoms with Crippen molar-refractivity contribution in [2.45, 2.75) is 31.3 Å². The van der Waals surface area contributed by atoms with E-state index in [0.717, 1.165) is 24.0 Å². The predicted octanol–water partition coefficient (Wildman–Crippen LogP) is 3.31. The predicted molar refractivity (Wildman–Crippen MR) is 97.6 cm³/mol. The maximum absolute atomic E-state index is 13.3. The van der Waals surface area contributed by atoms with Crippen LogP contribution in [0.1, 0.15) is 36.9 Å². The van der Waals surface area contributed by atoms with Crippen molar-refractivity contribution in [3.63, 3.8) is 0 Å². The molecule has 1 saturated carbocycles. The molecule has 3 rings (SSSR count). The fourth-order valence-electron chi connectivity index (χ4n) is 3.14. The molecule has 5 heteroatoms. The Morgan fingerprint density at radius 2 is 1.81 bits per heavy atom. The third-order valence-electron chi connectivity index (χ3n) is 4.83. The molecule has 0 saturated heterocycles. The van der Waals surface area contributed by atoms with Crippen LogP contribution >= 0.6 is 0 Å². The Kier molecular flexibility index (Phi) is 5.34. The van der Waals surface area contributed by atoms with Gasteiger partial charge in [-0.15, -0.1) is 0 Å². The van der Waals surface area contributed by atoms with Gasteiger partial charge in [0.1, 0.15) is 11.4 Å². The largest absolute Gasteiger partial charge is 0.337 e. The molecule has 0 aliphatic heterocycles. The van der Waals surface area contributed by atoms with Crippen LogP contribution < -0.4 is 10.6 Å². The molecule has 2 aromatic carbocycles.